The number of likely N-dealkylation sites (tertiary alicyclic amines) is 1. The number of aromatic nitrogens is 1. The molecule has 3 heterocycles. The molecule has 2 saturated heterocycles. The average Bonchev–Trinajstić information content (AvgIpc) is 3.19. The standard InChI is InChI=1S/C18H29N3O2.2C2HF3O2/c1-20(2)10-11-22-14-16-5-6-17-18(23-16)7-9-21(17)13-15-4-3-8-19-12-15;2*3-2(4,5)1(6)7/h3-4,8,12,16-18H,5-7,9-11,13-14H2,1-2H3;2*(H,6,7)/t16-,17+,18+;;/m1../s1. The van der Waals surface area contributed by atoms with Gasteiger partial charge in [0.25, 0.3) is 0 Å². The van der Waals surface area contributed by atoms with Gasteiger partial charge in [-0.05, 0) is 45.0 Å². The minimum Gasteiger partial charge on any atom is -0.475 e. The molecule has 9 nitrogen and oxygen atoms in total. The molecule has 3 rings (SSSR count). The molecule has 212 valence electrons. The molecule has 15 heteroatoms. The van der Waals surface area contributed by atoms with Crippen LogP contribution in [0.25, 0.3) is 0 Å². The SMILES string of the molecule is CN(C)CCOC[C@H]1CC[C@H]2[C@H](CCN2Cc2cccnc2)O1.O=C(O)C(F)(F)F.O=C(O)C(F)(F)F. The number of carboxylic acids is 2. The molecular formula is C22H31F6N3O6. The van der Waals surface area contributed by atoms with Crippen LogP contribution in [0.1, 0.15) is 24.8 Å². The molecular weight excluding hydrogens is 516 g/mol. The van der Waals surface area contributed by atoms with Crippen LogP contribution in [0.15, 0.2) is 24.5 Å². The Morgan fingerprint density at radius 3 is 2.19 bits per heavy atom. The lowest BCUT2D eigenvalue weighted by atomic mass is 9.99. The Bertz CT molecular complexity index is 801. The van der Waals surface area contributed by atoms with Crippen molar-refractivity contribution >= 4 is 11.9 Å². The largest absolute Gasteiger partial charge is 0.490 e. The fourth-order valence-electron chi connectivity index (χ4n) is 3.59. The molecule has 0 amide bonds. The van der Waals surface area contributed by atoms with Gasteiger partial charge < -0.3 is 24.6 Å². The van der Waals surface area contributed by atoms with Gasteiger partial charge in [-0.2, -0.15) is 26.3 Å². The summed E-state index contributed by atoms with van der Waals surface area (Å²) >= 11 is 0. The van der Waals surface area contributed by atoms with Crippen molar-refractivity contribution in [3.8, 4) is 0 Å². The number of hydrogen-bond donors (Lipinski definition) is 2. The van der Waals surface area contributed by atoms with Crippen molar-refractivity contribution in [2.75, 3.05) is 40.4 Å². The van der Waals surface area contributed by atoms with E-state index in [4.69, 9.17) is 29.3 Å². The van der Waals surface area contributed by atoms with Crippen molar-refractivity contribution in [3.63, 3.8) is 0 Å². The summed E-state index contributed by atoms with van der Waals surface area (Å²) in [5, 5.41) is 14.2. The zero-order chi connectivity index (χ0) is 28.2. The summed E-state index contributed by atoms with van der Waals surface area (Å²) in [4.78, 5) is 26.7. The number of carboxylic acid groups (broad SMARTS) is 2. The molecule has 1 aromatic rings. The van der Waals surface area contributed by atoms with Crippen molar-refractivity contribution in [2.45, 2.75) is 56.4 Å². The van der Waals surface area contributed by atoms with Crippen LogP contribution in [0.2, 0.25) is 0 Å². The average molecular weight is 547 g/mol. The zero-order valence-corrected chi connectivity index (χ0v) is 20.3. The van der Waals surface area contributed by atoms with Gasteiger partial charge in [-0.25, -0.2) is 9.59 Å². The minimum atomic E-state index is -5.08. The summed E-state index contributed by atoms with van der Waals surface area (Å²) in [6, 6.07) is 4.74. The number of likely N-dealkylation sites (N-methyl/N-ethyl adjacent to an activating group) is 1. The molecule has 2 fully saturated rings. The molecule has 0 saturated carbocycles. The normalized spacial score (nSPS) is 21.8. The Labute approximate surface area is 210 Å². The second kappa shape index (κ2) is 15.1. The predicted molar refractivity (Wildman–Crippen MR) is 118 cm³/mol. The van der Waals surface area contributed by atoms with Gasteiger partial charge in [-0.15, -0.1) is 0 Å². The minimum absolute atomic E-state index is 0.275. The monoisotopic (exact) mass is 547 g/mol. The van der Waals surface area contributed by atoms with Crippen LogP contribution in [-0.2, 0) is 25.6 Å². The number of rotatable bonds is 7. The summed E-state index contributed by atoms with van der Waals surface area (Å²) < 4.78 is 75.5. The smallest absolute Gasteiger partial charge is 0.475 e. The number of pyridine rings is 1. The molecule has 3 atom stereocenters. The van der Waals surface area contributed by atoms with E-state index in [-0.39, 0.29) is 6.10 Å². The van der Waals surface area contributed by atoms with Crippen LogP contribution in [0.4, 0.5) is 26.3 Å². The first-order chi connectivity index (χ1) is 17.1. The fourth-order valence-corrected chi connectivity index (χ4v) is 3.59. The molecule has 2 aliphatic rings. The van der Waals surface area contributed by atoms with E-state index >= 15 is 0 Å². The predicted octanol–water partition coefficient (Wildman–Crippen LogP) is 3.05. The first-order valence-corrected chi connectivity index (χ1v) is 11.2. The Balaban J connectivity index is 0.000000404. The maximum absolute atomic E-state index is 10.6. The maximum Gasteiger partial charge on any atom is 0.490 e. The molecule has 0 aromatic carbocycles. The topological polar surface area (TPSA) is 112 Å². The second-order valence-corrected chi connectivity index (χ2v) is 8.55. The Morgan fingerprint density at radius 2 is 1.70 bits per heavy atom. The molecule has 0 spiro atoms. The maximum atomic E-state index is 10.6. The van der Waals surface area contributed by atoms with Gasteiger partial charge in [0.1, 0.15) is 0 Å². The first kappa shape index (κ1) is 32.5. The van der Waals surface area contributed by atoms with Crippen LogP contribution in [-0.4, -0.2) is 108 Å². The van der Waals surface area contributed by atoms with Crippen molar-refractivity contribution < 1.29 is 55.6 Å². The molecule has 2 aliphatic heterocycles. The van der Waals surface area contributed by atoms with Crippen LogP contribution in [0.3, 0.4) is 0 Å². The van der Waals surface area contributed by atoms with Gasteiger partial charge in [0, 0.05) is 38.1 Å². The number of carbonyl (C=O) groups is 2. The number of ether oxygens (including phenoxy) is 2. The number of alkyl halides is 6. The van der Waals surface area contributed by atoms with E-state index in [2.05, 4.69) is 34.9 Å². The van der Waals surface area contributed by atoms with E-state index in [1.165, 1.54) is 12.0 Å². The Hall–Kier alpha value is -2.49. The van der Waals surface area contributed by atoms with Gasteiger partial charge in [0.2, 0.25) is 0 Å². The molecule has 0 unspecified atom stereocenters. The molecule has 1 aromatic heterocycles. The van der Waals surface area contributed by atoms with Crippen molar-refractivity contribution in [2.24, 2.45) is 0 Å². The Morgan fingerprint density at radius 1 is 1.11 bits per heavy atom. The van der Waals surface area contributed by atoms with Crippen molar-refractivity contribution in [3.05, 3.63) is 30.1 Å². The van der Waals surface area contributed by atoms with Crippen LogP contribution in [0.5, 0.6) is 0 Å². The summed E-state index contributed by atoms with van der Waals surface area (Å²) in [6.07, 6.45) is -2.25. The lowest BCUT2D eigenvalue weighted by molar-refractivity contribution is -0.193. The van der Waals surface area contributed by atoms with Crippen molar-refractivity contribution in [1.82, 2.24) is 14.8 Å². The van der Waals surface area contributed by atoms with Crippen LogP contribution >= 0.6 is 0 Å². The zero-order valence-electron chi connectivity index (χ0n) is 20.3. The second-order valence-electron chi connectivity index (χ2n) is 8.55. The highest BCUT2D eigenvalue weighted by Gasteiger charge is 2.40. The summed E-state index contributed by atoms with van der Waals surface area (Å²) in [6.45, 7) is 4.60. The molecule has 2 N–H and O–H groups in total. The van der Waals surface area contributed by atoms with Crippen molar-refractivity contribution in [1.29, 1.82) is 0 Å². The molecule has 37 heavy (non-hydrogen) atoms. The summed E-state index contributed by atoms with van der Waals surface area (Å²) in [7, 11) is 4.14. The molecule has 0 bridgehead atoms. The van der Waals surface area contributed by atoms with Crippen LogP contribution in [0, 0.1) is 0 Å². The van der Waals surface area contributed by atoms with E-state index in [0.717, 1.165) is 45.7 Å². The number of halogens is 6. The third-order valence-corrected chi connectivity index (χ3v) is 5.33. The lowest BCUT2D eigenvalue weighted by Gasteiger charge is -2.36. The van der Waals surface area contributed by atoms with E-state index in [1.54, 1.807) is 0 Å². The number of nitrogens with zero attached hydrogens (tertiary/aromatic N) is 3. The van der Waals surface area contributed by atoms with Gasteiger partial charge in [-0.3, -0.25) is 9.88 Å². The van der Waals surface area contributed by atoms with Crippen LogP contribution < -0.4 is 0 Å². The van der Waals surface area contributed by atoms with E-state index < -0.39 is 24.3 Å². The first-order valence-electron chi connectivity index (χ1n) is 11.2. The Kier molecular flexibility index (Phi) is 13.2. The van der Waals surface area contributed by atoms with E-state index in [1.807, 2.05) is 18.5 Å². The quantitative estimate of drug-likeness (QED) is 0.393. The van der Waals surface area contributed by atoms with Gasteiger partial charge >= 0.3 is 24.3 Å². The summed E-state index contributed by atoms with van der Waals surface area (Å²) in [5.41, 5.74) is 1.29. The highest BCUT2D eigenvalue weighted by Crippen LogP contribution is 2.32. The summed E-state index contributed by atoms with van der Waals surface area (Å²) in [5.74, 6) is -5.51. The van der Waals surface area contributed by atoms with Gasteiger partial charge in [0.05, 0.1) is 25.4 Å². The third kappa shape index (κ3) is 13.0. The molecule has 0 radical (unpaired) electrons. The van der Waals surface area contributed by atoms with E-state index in [0.29, 0.717) is 12.1 Å². The van der Waals surface area contributed by atoms with Gasteiger partial charge in [-0.1, -0.05) is 6.07 Å². The van der Waals surface area contributed by atoms with E-state index in [9.17, 15) is 26.3 Å². The van der Waals surface area contributed by atoms with Gasteiger partial charge in [0.15, 0.2) is 0 Å². The number of fused-ring (bicyclic) bond motifs is 1. The molecule has 0 aliphatic carbocycles. The lowest BCUT2D eigenvalue weighted by Crippen LogP contribution is -2.43. The third-order valence-electron chi connectivity index (χ3n) is 5.33. The fraction of sp³-hybridized carbons (Fsp3) is 0.682. The highest BCUT2D eigenvalue weighted by molar-refractivity contribution is 5.73. The highest BCUT2D eigenvalue weighted by atomic mass is 19.4. The number of hydrogen-bond acceptors (Lipinski definition) is 7. The number of aliphatic carboxylic acids is 2.